The maximum Gasteiger partial charge on any atom is 0.237 e. The first kappa shape index (κ1) is 18.5. The van der Waals surface area contributed by atoms with E-state index in [4.69, 9.17) is 14.7 Å². The van der Waals surface area contributed by atoms with Crippen molar-refractivity contribution in [3.8, 4) is 17.6 Å². The van der Waals surface area contributed by atoms with Crippen molar-refractivity contribution in [3.63, 3.8) is 0 Å². The van der Waals surface area contributed by atoms with Crippen molar-refractivity contribution in [2.24, 2.45) is 5.92 Å². The number of benzene rings is 1. The molecule has 0 aromatic heterocycles. The third-order valence-electron chi connectivity index (χ3n) is 5.08. The van der Waals surface area contributed by atoms with Crippen LogP contribution in [0, 0.1) is 17.2 Å². The van der Waals surface area contributed by atoms with Crippen molar-refractivity contribution in [1.29, 1.82) is 5.26 Å². The predicted molar refractivity (Wildman–Crippen MR) is 98.0 cm³/mol. The molecule has 2 atom stereocenters. The van der Waals surface area contributed by atoms with E-state index >= 15 is 0 Å². The normalized spacial score (nSPS) is 20.1. The zero-order chi connectivity index (χ0) is 18.5. The van der Waals surface area contributed by atoms with Gasteiger partial charge in [-0.25, -0.2) is 0 Å². The molecule has 3 rings (SSSR count). The second-order valence-electron chi connectivity index (χ2n) is 7.01. The van der Waals surface area contributed by atoms with E-state index in [1.54, 1.807) is 0 Å². The smallest absolute Gasteiger partial charge is 0.237 e. The zero-order valence-electron chi connectivity index (χ0n) is 15.6. The molecule has 0 spiro atoms. The molecule has 140 valence electrons. The van der Waals surface area contributed by atoms with Crippen molar-refractivity contribution in [2.45, 2.75) is 32.7 Å². The van der Waals surface area contributed by atoms with Crippen LogP contribution in [0.2, 0.25) is 0 Å². The molecule has 6 nitrogen and oxygen atoms in total. The van der Waals surface area contributed by atoms with E-state index in [0.29, 0.717) is 26.3 Å². The van der Waals surface area contributed by atoms with Gasteiger partial charge in [-0.15, -0.1) is 0 Å². The van der Waals surface area contributed by atoms with E-state index in [1.807, 2.05) is 36.9 Å². The first-order chi connectivity index (χ1) is 12.6. The number of carbonyl (C=O) groups excluding carboxylic acids is 1. The van der Waals surface area contributed by atoms with Crippen LogP contribution < -0.4 is 9.47 Å². The molecule has 1 aromatic rings. The van der Waals surface area contributed by atoms with E-state index < -0.39 is 0 Å². The summed E-state index contributed by atoms with van der Waals surface area (Å²) in [5, 5.41) is 9.02. The topological polar surface area (TPSA) is 65.8 Å². The molecule has 1 amide bonds. The average Bonchev–Trinajstić information content (AvgIpc) is 3.16. The average molecular weight is 357 g/mol. The number of hydrogen-bond donors (Lipinski definition) is 0. The van der Waals surface area contributed by atoms with Gasteiger partial charge in [-0.3, -0.25) is 9.69 Å². The summed E-state index contributed by atoms with van der Waals surface area (Å²) in [7, 11) is 0. The Labute approximate surface area is 155 Å². The molecule has 0 radical (unpaired) electrons. The quantitative estimate of drug-likeness (QED) is 0.783. The van der Waals surface area contributed by atoms with Crippen LogP contribution in [0.1, 0.15) is 38.3 Å². The van der Waals surface area contributed by atoms with Crippen molar-refractivity contribution in [1.82, 2.24) is 9.80 Å². The lowest BCUT2D eigenvalue weighted by Gasteiger charge is -2.29. The number of nitriles is 1. The number of rotatable bonds is 6. The third-order valence-corrected chi connectivity index (χ3v) is 5.08. The minimum absolute atomic E-state index is 0.0741. The number of ether oxygens (including phenoxy) is 2. The minimum atomic E-state index is -0.0741. The van der Waals surface area contributed by atoms with Crippen molar-refractivity contribution < 1.29 is 14.3 Å². The van der Waals surface area contributed by atoms with Crippen LogP contribution in [0.15, 0.2) is 18.2 Å². The highest BCUT2D eigenvalue weighted by molar-refractivity contribution is 5.79. The van der Waals surface area contributed by atoms with Crippen LogP contribution in [0.25, 0.3) is 0 Å². The van der Waals surface area contributed by atoms with Gasteiger partial charge in [0.15, 0.2) is 11.5 Å². The summed E-state index contributed by atoms with van der Waals surface area (Å²) in [6, 6.07) is 8.33. The van der Waals surface area contributed by atoms with Gasteiger partial charge in [-0.05, 0) is 44.0 Å². The van der Waals surface area contributed by atoms with Gasteiger partial charge >= 0.3 is 0 Å². The van der Waals surface area contributed by atoms with Crippen molar-refractivity contribution in [2.75, 3.05) is 39.4 Å². The van der Waals surface area contributed by atoms with Gasteiger partial charge in [0.05, 0.1) is 24.6 Å². The van der Waals surface area contributed by atoms with Gasteiger partial charge in [-0.2, -0.15) is 5.26 Å². The monoisotopic (exact) mass is 357 g/mol. The van der Waals surface area contributed by atoms with Gasteiger partial charge in [0.1, 0.15) is 13.2 Å². The lowest BCUT2D eigenvalue weighted by atomic mass is 10.0. The molecular formula is C20H27N3O3. The molecule has 1 saturated heterocycles. The maximum atomic E-state index is 12.9. The number of amides is 1. The molecule has 0 N–H and O–H groups in total. The first-order valence-electron chi connectivity index (χ1n) is 9.43. The fourth-order valence-corrected chi connectivity index (χ4v) is 3.69. The highest BCUT2D eigenvalue weighted by Gasteiger charge is 2.31. The van der Waals surface area contributed by atoms with Crippen LogP contribution in [0.3, 0.4) is 0 Å². The van der Waals surface area contributed by atoms with Gasteiger partial charge in [0.25, 0.3) is 0 Å². The lowest BCUT2D eigenvalue weighted by Crippen LogP contribution is -2.41. The van der Waals surface area contributed by atoms with Crippen LogP contribution in [-0.2, 0) is 4.79 Å². The Morgan fingerprint density at radius 1 is 1.38 bits per heavy atom. The molecule has 1 aromatic carbocycles. The number of nitrogens with zero attached hydrogens (tertiary/aromatic N) is 3. The Balaban J connectivity index is 1.69. The molecule has 0 bridgehead atoms. The maximum absolute atomic E-state index is 12.9. The second kappa shape index (κ2) is 8.41. The molecule has 2 heterocycles. The standard InChI is InChI=1S/C20H27N3O3/c1-3-22(13-15(2)12-21)14-20(24)23-8-4-5-17(23)16-6-7-18-19(11-16)26-10-9-25-18/h6-7,11,15,17H,3-5,8-10,13-14H2,1-2H3. The Morgan fingerprint density at radius 3 is 2.88 bits per heavy atom. The fraction of sp³-hybridized carbons (Fsp3) is 0.600. The molecule has 2 aliphatic rings. The summed E-state index contributed by atoms with van der Waals surface area (Å²) in [6.07, 6.45) is 1.97. The summed E-state index contributed by atoms with van der Waals surface area (Å²) >= 11 is 0. The fourth-order valence-electron chi connectivity index (χ4n) is 3.69. The number of likely N-dealkylation sites (tertiary alicyclic amines) is 1. The Kier molecular flexibility index (Phi) is 6.00. The molecule has 6 heteroatoms. The highest BCUT2D eigenvalue weighted by Crippen LogP contribution is 2.38. The summed E-state index contributed by atoms with van der Waals surface area (Å²) in [4.78, 5) is 16.9. The molecule has 0 saturated carbocycles. The number of hydrogen-bond acceptors (Lipinski definition) is 5. The van der Waals surface area contributed by atoms with E-state index in [9.17, 15) is 4.79 Å². The van der Waals surface area contributed by atoms with Crippen LogP contribution in [0.4, 0.5) is 0 Å². The van der Waals surface area contributed by atoms with Crippen molar-refractivity contribution in [3.05, 3.63) is 23.8 Å². The zero-order valence-corrected chi connectivity index (χ0v) is 15.6. The van der Waals surface area contributed by atoms with E-state index in [-0.39, 0.29) is 17.9 Å². The largest absolute Gasteiger partial charge is 0.486 e. The molecular weight excluding hydrogens is 330 g/mol. The summed E-state index contributed by atoms with van der Waals surface area (Å²) < 4.78 is 11.3. The number of carbonyl (C=O) groups is 1. The minimum Gasteiger partial charge on any atom is -0.486 e. The Morgan fingerprint density at radius 2 is 2.15 bits per heavy atom. The molecule has 26 heavy (non-hydrogen) atoms. The Hall–Kier alpha value is -2.26. The lowest BCUT2D eigenvalue weighted by molar-refractivity contribution is -0.133. The van der Waals surface area contributed by atoms with Gasteiger partial charge < -0.3 is 14.4 Å². The van der Waals surface area contributed by atoms with Gasteiger partial charge in [-0.1, -0.05) is 13.0 Å². The molecule has 2 unspecified atom stereocenters. The molecule has 2 aliphatic heterocycles. The summed E-state index contributed by atoms with van der Waals surface area (Å²) in [5.41, 5.74) is 1.11. The van der Waals surface area contributed by atoms with Crippen LogP contribution in [-0.4, -0.2) is 55.1 Å². The summed E-state index contributed by atoms with van der Waals surface area (Å²) in [5.74, 6) is 1.61. The van der Waals surface area contributed by atoms with E-state index in [1.165, 1.54) is 0 Å². The second-order valence-corrected chi connectivity index (χ2v) is 7.01. The third kappa shape index (κ3) is 4.10. The molecule has 1 fully saturated rings. The predicted octanol–water partition coefficient (Wildman–Crippen LogP) is 2.60. The van der Waals surface area contributed by atoms with Gasteiger partial charge in [0, 0.05) is 13.1 Å². The number of likely N-dealkylation sites (N-methyl/N-ethyl adjacent to an activating group) is 1. The SMILES string of the molecule is CCN(CC(=O)N1CCCC1c1ccc2c(c1)OCCO2)CC(C)C#N. The van der Waals surface area contributed by atoms with E-state index in [2.05, 4.69) is 11.0 Å². The summed E-state index contributed by atoms with van der Waals surface area (Å²) in [6.45, 7) is 7.59. The molecule has 0 aliphatic carbocycles. The van der Waals surface area contributed by atoms with Crippen LogP contribution in [0.5, 0.6) is 11.5 Å². The Bertz CT molecular complexity index is 685. The van der Waals surface area contributed by atoms with Crippen LogP contribution >= 0.6 is 0 Å². The van der Waals surface area contributed by atoms with Gasteiger partial charge in [0.2, 0.25) is 5.91 Å². The first-order valence-corrected chi connectivity index (χ1v) is 9.43. The van der Waals surface area contributed by atoms with E-state index in [0.717, 1.165) is 43.0 Å². The van der Waals surface area contributed by atoms with Crippen molar-refractivity contribution >= 4 is 5.91 Å². The number of fused-ring (bicyclic) bond motifs is 1. The highest BCUT2D eigenvalue weighted by atomic mass is 16.6.